The van der Waals surface area contributed by atoms with E-state index in [1.54, 1.807) is 7.11 Å². The third kappa shape index (κ3) is 4.31. The van der Waals surface area contributed by atoms with Crippen molar-refractivity contribution in [1.29, 1.82) is 0 Å². The first-order valence-electron chi connectivity index (χ1n) is 8.60. The normalized spacial score (nSPS) is 17.2. The molecule has 5 nitrogen and oxygen atoms in total. The van der Waals surface area contributed by atoms with Crippen LogP contribution in [0.2, 0.25) is 0 Å². The second kappa shape index (κ2) is 8.53. The molecule has 1 aliphatic rings. The highest BCUT2D eigenvalue weighted by molar-refractivity contribution is 5.77. The Morgan fingerprint density at radius 1 is 1.16 bits per heavy atom. The lowest BCUT2D eigenvalue weighted by Crippen LogP contribution is -2.49. The Kier molecular flexibility index (Phi) is 5.90. The molecule has 2 aromatic carbocycles. The van der Waals surface area contributed by atoms with E-state index < -0.39 is 0 Å². The molecule has 3 rings (SSSR count). The molecular formula is C20H24N2O3. The SMILES string of the molecule is COc1ccccc1C1CNCCN1C(=O)CCOc1ccccc1. The smallest absolute Gasteiger partial charge is 0.226 e. The van der Waals surface area contributed by atoms with Gasteiger partial charge in [0.1, 0.15) is 11.5 Å². The molecule has 0 aliphatic carbocycles. The number of benzene rings is 2. The number of carbonyl (C=O) groups is 1. The summed E-state index contributed by atoms with van der Waals surface area (Å²) in [7, 11) is 1.66. The second-order valence-electron chi connectivity index (χ2n) is 5.96. The van der Waals surface area contributed by atoms with Crippen LogP contribution >= 0.6 is 0 Å². The third-order valence-corrected chi connectivity index (χ3v) is 4.39. The van der Waals surface area contributed by atoms with Crippen molar-refractivity contribution >= 4 is 5.91 Å². The first kappa shape index (κ1) is 17.3. The Morgan fingerprint density at radius 3 is 2.72 bits per heavy atom. The molecule has 1 fully saturated rings. The molecule has 0 bridgehead atoms. The lowest BCUT2D eigenvalue weighted by molar-refractivity contribution is -0.135. The molecule has 1 atom stereocenters. The van der Waals surface area contributed by atoms with Gasteiger partial charge in [-0.05, 0) is 18.2 Å². The summed E-state index contributed by atoms with van der Waals surface area (Å²) >= 11 is 0. The van der Waals surface area contributed by atoms with Crippen molar-refractivity contribution < 1.29 is 14.3 Å². The molecule has 25 heavy (non-hydrogen) atoms. The van der Waals surface area contributed by atoms with Crippen LogP contribution in [0.25, 0.3) is 0 Å². The molecule has 1 amide bonds. The molecular weight excluding hydrogens is 316 g/mol. The maximum atomic E-state index is 12.7. The number of amides is 1. The molecule has 0 radical (unpaired) electrons. The molecule has 5 heteroatoms. The van der Waals surface area contributed by atoms with Gasteiger partial charge in [0.25, 0.3) is 0 Å². The van der Waals surface area contributed by atoms with Gasteiger partial charge in [0.2, 0.25) is 5.91 Å². The Labute approximate surface area is 148 Å². The molecule has 1 N–H and O–H groups in total. The monoisotopic (exact) mass is 340 g/mol. The summed E-state index contributed by atoms with van der Waals surface area (Å²) < 4.78 is 11.1. The molecule has 0 spiro atoms. The van der Waals surface area contributed by atoms with Crippen LogP contribution in [0.5, 0.6) is 11.5 Å². The number of piperazine rings is 1. The summed E-state index contributed by atoms with van der Waals surface area (Å²) in [5.74, 6) is 1.71. The number of nitrogens with one attached hydrogen (secondary N) is 1. The van der Waals surface area contributed by atoms with Crippen LogP contribution in [0.3, 0.4) is 0 Å². The van der Waals surface area contributed by atoms with Crippen LogP contribution in [0.15, 0.2) is 54.6 Å². The second-order valence-corrected chi connectivity index (χ2v) is 5.96. The Bertz CT molecular complexity index is 690. The summed E-state index contributed by atoms with van der Waals surface area (Å²) in [6, 6.07) is 17.4. The van der Waals surface area contributed by atoms with Gasteiger partial charge >= 0.3 is 0 Å². The highest BCUT2D eigenvalue weighted by Gasteiger charge is 2.29. The van der Waals surface area contributed by atoms with E-state index in [2.05, 4.69) is 5.32 Å². The van der Waals surface area contributed by atoms with E-state index in [1.165, 1.54) is 0 Å². The standard InChI is InChI=1S/C20H24N2O3/c1-24-19-10-6-5-9-17(19)18-15-21-12-13-22(18)20(23)11-14-25-16-7-3-2-4-8-16/h2-10,18,21H,11-15H2,1H3. The number of rotatable bonds is 6. The quantitative estimate of drug-likeness (QED) is 0.878. The van der Waals surface area contributed by atoms with Crippen LogP contribution in [0.1, 0.15) is 18.0 Å². The van der Waals surface area contributed by atoms with Gasteiger partial charge in [-0.2, -0.15) is 0 Å². The van der Waals surface area contributed by atoms with Gasteiger partial charge in [0.05, 0.1) is 26.2 Å². The van der Waals surface area contributed by atoms with Crippen LogP contribution in [-0.4, -0.2) is 44.2 Å². The number of hydrogen-bond donors (Lipinski definition) is 1. The van der Waals surface area contributed by atoms with E-state index in [4.69, 9.17) is 9.47 Å². The molecule has 0 aromatic heterocycles. The van der Waals surface area contributed by atoms with E-state index in [0.717, 1.165) is 30.2 Å². The molecule has 1 heterocycles. The van der Waals surface area contributed by atoms with Crippen molar-refractivity contribution in [2.75, 3.05) is 33.4 Å². The Morgan fingerprint density at radius 2 is 1.92 bits per heavy atom. The average Bonchev–Trinajstić information content (AvgIpc) is 2.68. The molecule has 1 unspecified atom stereocenters. The summed E-state index contributed by atoms with van der Waals surface area (Å²) in [6.07, 6.45) is 0.362. The lowest BCUT2D eigenvalue weighted by atomic mass is 10.0. The van der Waals surface area contributed by atoms with E-state index in [-0.39, 0.29) is 11.9 Å². The first-order valence-corrected chi connectivity index (χ1v) is 8.60. The summed E-state index contributed by atoms with van der Waals surface area (Å²) in [5, 5.41) is 3.37. The number of hydrogen-bond acceptors (Lipinski definition) is 4. The van der Waals surface area contributed by atoms with Gasteiger partial charge in [0.15, 0.2) is 0 Å². The number of carbonyl (C=O) groups excluding carboxylic acids is 1. The number of nitrogens with zero attached hydrogens (tertiary/aromatic N) is 1. The fourth-order valence-corrected chi connectivity index (χ4v) is 3.14. The summed E-state index contributed by atoms with van der Waals surface area (Å²) in [5.41, 5.74) is 1.04. The number of methoxy groups -OCH3 is 1. The van der Waals surface area contributed by atoms with Crippen LogP contribution < -0.4 is 14.8 Å². The lowest BCUT2D eigenvalue weighted by Gasteiger charge is -2.37. The van der Waals surface area contributed by atoms with Crippen LogP contribution in [0, 0.1) is 0 Å². The van der Waals surface area contributed by atoms with Crippen LogP contribution in [-0.2, 0) is 4.79 Å². The van der Waals surface area contributed by atoms with Crippen molar-refractivity contribution in [3.8, 4) is 11.5 Å². The molecule has 2 aromatic rings. The molecule has 1 saturated heterocycles. The fourth-order valence-electron chi connectivity index (χ4n) is 3.14. The summed E-state index contributed by atoms with van der Waals surface area (Å²) in [6.45, 7) is 2.60. The highest BCUT2D eigenvalue weighted by atomic mass is 16.5. The number of para-hydroxylation sites is 2. The van der Waals surface area contributed by atoms with E-state index in [9.17, 15) is 4.79 Å². The van der Waals surface area contributed by atoms with Crippen molar-refractivity contribution in [3.63, 3.8) is 0 Å². The van der Waals surface area contributed by atoms with Crippen LogP contribution in [0.4, 0.5) is 0 Å². The van der Waals surface area contributed by atoms with Gasteiger partial charge in [-0.1, -0.05) is 36.4 Å². The topological polar surface area (TPSA) is 50.8 Å². The molecule has 132 valence electrons. The van der Waals surface area contributed by atoms with E-state index >= 15 is 0 Å². The first-order chi connectivity index (χ1) is 12.3. The highest BCUT2D eigenvalue weighted by Crippen LogP contribution is 2.30. The number of ether oxygens (including phenoxy) is 2. The summed E-state index contributed by atoms with van der Waals surface area (Å²) in [4.78, 5) is 14.7. The molecule has 1 aliphatic heterocycles. The zero-order chi connectivity index (χ0) is 17.5. The third-order valence-electron chi connectivity index (χ3n) is 4.39. The predicted octanol–water partition coefficient (Wildman–Crippen LogP) is 2.64. The van der Waals surface area contributed by atoms with Gasteiger partial charge in [-0.3, -0.25) is 4.79 Å². The van der Waals surface area contributed by atoms with Gasteiger partial charge in [-0.15, -0.1) is 0 Å². The van der Waals surface area contributed by atoms with Gasteiger partial charge in [-0.25, -0.2) is 0 Å². The average molecular weight is 340 g/mol. The van der Waals surface area contributed by atoms with Gasteiger partial charge in [0, 0.05) is 25.2 Å². The Balaban J connectivity index is 1.65. The Hall–Kier alpha value is -2.53. The largest absolute Gasteiger partial charge is 0.496 e. The van der Waals surface area contributed by atoms with Gasteiger partial charge < -0.3 is 19.7 Å². The minimum absolute atomic E-state index is 0.0193. The van der Waals surface area contributed by atoms with Crippen molar-refractivity contribution in [3.05, 3.63) is 60.2 Å². The zero-order valence-corrected chi connectivity index (χ0v) is 14.5. The maximum Gasteiger partial charge on any atom is 0.226 e. The molecule has 0 saturated carbocycles. The van der Waals surface area contributed by atoms with E-state index in [0.29, 0.717) is 19.6 Å². The van der Waals surface area contributed by atoms with Crippen molar-refractivity contribution in [1.82, 2.24) is 10.2 Å². The maximum absolute atomic E-state index is 12.7. The fraction of sp³-hybridized carbons (Fsp3) is 0.350. The van der Waals surface area contributed by atoms with Crippen molar-refractivity contribution in [2.45, 2.75) is 12.5 Å². The van der Waals surface area contributed by atoms with E-state index in [1.807, 2.05) is 59.5 Å². The zero-order valence-electron chi connectivity index (χ0n) is 14.5. The minimum atomic E-state index is -0.0193. The predicted molar refractivity (Wildman–Crippen MR) is 96.9 cm³/mol. The minimum Gasteiger partial charge on any atom is -0.496 e. The van der Waals surface area contributed by atoms with Crippen molar-refractivity contribution in [2.24, 2.45) is 0 Å².